The van der Waals surface area contributed by atoms with E-state index in [1.54, 1.807) is 0 Å². The van der Waals surface area contributed by atoms with Crippen LogP contribution in [0, 0.1) is 11.3 Å². The Hall–Kier alpha value is -1.38. The van der Waals surface area contributed by atoms with E-state index in [-0.39, 0.29) is 12.5 Å². The van der Waals surface area contributed by atoms with Gasteiger partial charge in [-0.3, -0.25) is 15.5 Å². The molecule has 4 atom stereocenters. The maximum atomic E-state index is 10.6. The highest BCUT2D eigenvalue weighted by molar-refractivity contribution is 5.75. The van der Waals surface area contributed by atoms with Gasteiger partial charge in [0.05, 0.1) is 12.0 Å². The third-order valence-electron chi connectivity index (χ3n) is 2.29. The molecule has 15 heavy (non-hydrogen) atoms. The number of aliphatic hydroxyl groups excluding tert-OH is 2. The molecule has 1 aliphatic heterocycles. The minimum Gasteiger partial charge on any atom is -0.481 e. The van der Waals surface area contributed by atoms with E-state index in [0.29, 0.717) is 0 Å². The van der Waals surface area contributed by atoms with Gasteiger partial charge in [-0.15, -0.1) is 0 Å². The van der Waals surface area contributed by atoms with E-state index >= 15 is 0 Å². The fraction of sp³-hybridized carbons (Fsp3) is 0.714. The summed E-state index contributed by atoms with van der Waals surface area (Å²) < 4.78 is 0. The molecular formula is C7H14N4O4. The van der Waals surface area contributed by atoms with Crippen molar-refractivity contribution in [2.45, 2.75) is 18.4 Å². The fourth-order valence-corrected chi connectivity index (χ4v) is 1.47. The maximum absolute atomic E-state index is 10.6. The number of carboxylic acid groups (broad SMARTS) is 1. The highest BCUT2D eigenvalue weighted by Crippen LogP contribution is 2.15. The number of piperidine rings is 1. The second kappa shape index (κ2) is 4.43. The van der Waals surface area contributed by atoms with Gasteiger partial charge < -0.3 is 26.4 Å². The molecule has 8 N–H and O–H groups in total. The molecule has 86 valence electrons. The van der Waals surface area contributed by atoms with Crippen LogP contribution in [0.4, 0.5) is 0 Å². The number of nitrogens with two attached hydrogens (primary N) is 1. The number of hydrogen-bond donors (Lipinski definition) is 7. The number of carboxylic acids is 1. The Morgan fingerprint density at radius 1 is 1.47 bits per heavy atom. The van der Waals surface area contributed by atoms with Gasteiger partial charge in [0, 0.05) is 6.54 Å². The molecule has 0 aromatic heterocycles. The average Bonchev–Trinajstić information content (AvgIpc) is 2.12. The summed E-state index contributed by atoms with van der Waals surface area (Å²) in [6.45, 7) is -0.00148. The van der Waals surface area contributed by atoms with Gasteiger partial charge in [0.2, 0.25) is 0 Å². The lowest BCUT2D eigenvalue weighted by atomic mass is 9.92. The SMILES string of the molecule is N=C(N)N[C@H]1NC[C@H](C(=O)O)[C@H](O)[C@@H]1O. The Labute approximate surface area is 85.6 Å². The summed E-state index contributed by atoms with van der Waals surface area (Å²) in [5.41, 5.74) is 5.05. The zero-order valence-electron chi connectivity index (χ0n) is 7.84. The standard InChI is InChI=1S/C7H14N4O4/c8-7(9)11-5-4(13)3(12)2(1-10-5)6(14)15/h2-5,10,12-13H,1H2,(H,14,15)(H4,8,9,11)/t2-,3-,4-,5+/m0/s1. The number of guanidine groups is 1. The zero-order chi connectivity index (χ0) is 11.6. The molecule has 0 spiro atoms. The van der Waals surface area contributed by atoms with Gasteiger partial charge in [0.25, 0.3) is 0 Å². The summed E-state index contributed by atoms with van der Waals surface area (Å²) in [6, 6.07) is 0. The van der Waals surface area contributed by atoms with Gasteiger partial charge in [-0.05, 0) is 0 Å². The van der Waals surface area contributed by atoms with Gasteiger partial charge in [-0.1, -0.05) is 0 Å². The molecule has 0 radical (unpaired) electrons. The van der Waals surface area contributed by atoms with Crippen LogP contribution in [0.1, 0.15) is 0 Å². The predicted molar refractivity (Wildman–Crippen MR) is 50.0 cm³/mol. The van der Waals surface area contributed by atoms with E-state index in [9.17, 15) is 15.0 Å². The average molecular weight is 218 g/mol. The van der Waals surface area contributed by atoms with Crippen molar-refractivity contribution in [1.82, 2.24) is 10.6 Å². The molecule has 0 aromatic rings. The van der Waals surface area contributed by atoms with Crippen LogP contribution in [-0.2, 0) is 4.79 Å². The lowest BCUT2D eigenvalue weighted by Gasteiger charge is -2.36. The Balaban J connectivity index is 2.64. The largest absolute Gasteiger partial charge is 0.481 e. The molecule has 1 saturated heterocycles. The summed E-state index contributed by atoms with van der Waals surface area (Å²) in [5.74, 6) is -2.62. The molecule has 1 aliphatic rings. The van der Waals surface area contributed by atoms with E-state index in [4.69, 9.17) is 16.2 Å². The van der Waals surface area contributed by atoms with E-state index in [1.807, 2.05) is 0 Å². The lowest BCUT2D eigenvalue weighted by Crippen LogP contribution is -2.65. The second-order valence-electron chi connectivity index (χ2n) is 3.37. The Morgan fingerprint density at radius 2 is 2.07 bits per heavy atom. The van der Waals surface area contributed by atoms with Gasteiger partial charge >= 0.3 is 5.97 Å². The predicted octanol–water partition coefficient (Wildman–Crippen LogP) is -3.18. The van der Waals surface area contributed by atoms with Crippen LogP contribution in [0.25, 0.3) is 0 Å². The van der Waals surface area contributed by atoms with Gasteiger partial charge in [-0.2, -0.15) is 0 Å². The Kier molecular flexibility index (Phi) is 3.45. The van der Waals surface area contributed by atoms with Crippen molar-refractivity contribution in [3.05, 3.63) is 0 Å². The molecule has 0 bridgehead atoms. The van der Waals surface area contributed by atoms with E-state index < -0.39 is 30.3 Å². The van der Waals surface area contributed by atoms with Crippen molar-refractivity contribution in [1.29, 1.82) is 5.41 Å². The van der Waals surface area contributed by atoms with Crippen LogP contribution in [0.2, 0.25) is 0 Å². The normalized spacial score (nSPS) is 35.9. The van der Waals surface area contributed by atoms with Crippen molar-refractivity contribution < 1.29 is 20.1 Å². The first-order valence-electron chi connectivity index (χ1n) is 4.36. The summed E-state index contributed by atoms with van der Waals surface area (Å²) in [6.07, 6.45) is -3.53. The van der Waals surface area contributed by atoms with Crippen molar-refractivity contribution in [2.24, 2.45) is 11.7 Å². The molecular weight excluding hydrogens is 204 g/mol. The molecule has 0 amide bonds. The number of aliphatic hydroxyl groups is 2. The summed E-state index contributed by atoms with van der Waals surface area (Å²) in [5, 5.41) is 39.6. The summed E-state index contributed by atoms with van der Waals surface area (Å²) in [7, 11) is 0. The smallest absolute Gasteiger partial charge is 0.310 e. The number of rotatable bonds is 2. The Bertz CT molecular complexity index is 270. The highest BCUT2D eigenvalue weighted by atomic mass is 16.4. The fourth-order valence-electron chi connectivity index (χ4n) is 1.47. The van der Waals surface area contributed by atoms with Crippen LogP contribution < -0.4 is 16.4 Å². The first kappa shape index (κ1) is 11.7. The summed E-state index contributed by atoms with van der Waals surface area (Å²) in [4.78, 5) is 10.6. The third kappa shape index (κ3) is 2.55. The first-order chi connectivity index (χ1) is 6.93. The molecule has 0 saturated carbocycles. The van der Waals surface area contributed by atoms with Crippen LogP contribution in [0.5, 0.6) is 0 Å². The molecule has 1 fully saturated rings. The highest BCUT2D eigenvalue weighted by Gasteiger charge is 2.40. The first-order valence-corrected chi connectivity index (χ1v) is 4.36. The number of nitrogens with one attached hydrogen (secondary N) is 3. The zero-order valence-corrected chi connectivity index (χ0v) is 7.84. The van der Waals surface area contributed by atoms with Crippen LogP contribution in [0.3, 0.4) is 0 Å². The molecule has 1 heterocycles. The maximum Gasteiger partial charge on any atom is 0.310 e. The number of aliphatic carboxylic acids is 1. The molecule has 0 unspecified atom stereocenters. The molecule has 0 aromatic carbocycles. The molecule has 8 nitrogen and oxygen atoms in total. The van der Waals surface area contributed by atoms with Crippen LogP contribution >= 0.6 is 0 Å². The van der Waals surface area contributed by atoms with E-state index in [1.165, 1.54) is 0 Å². The van der Waals surface area contributed by atoms with Crippen molar-refractivity contribution in [3.63, 3.8) is 0 Å². The monoisotopic (exact) mass is 218 g/mol. The third-order valence-corrected chi connectivity index (χ3v) is 2.29. The van der Waals surface area contributed by atoms with Crippen molar-refractivity contribution >= 4 is 11.9 Å². The van der Waals surface area contributed by atoms with Crippen molar-refractivity contribution in [3.8, 4) is 0 Å². The van der Waals surface area contributed by atoms with Crippen molar-refractivity contribution in [2.75, 3.05) is 6.54 Å². The molecule has 1 rings (SSSR count). The lowest BCUT2D eigenvalue weighted by molar-refractivity contribution is -0.153. The summed E-state index contributed by atoms with van der Waals surface area (Å²) >= 11 is 0. The Morgan fingerprint density at radius 3 is 2.53 bits per heavy atom. The quantitative estimate of drug-likeness (QED) is 0.190. The number of hydrogen-bond acceptors (Lipinski definition) is 5. The number of carbonyl (C=O) groups is 1. The van der Waals surface area contributed by atoms with Gasteiger partial charge in [0.1, 0.15) is 12.3 Å². The van der Waals surface area contributed by atoms with E-state index in [0.717, 1.165) is 0 Å². The van der Waals surface area contributed by atoms with E-state index in [2.05, 4.69) is 10.6 Å². The minimum absolute atomic E-state index is 0.00148. The van der Waals surface area contributed by atoms with Gasteiger partial charge in [0.15, 0.2) is 5.96 Å². The second-order valence-corrected chi connectivity index (χ2v) is 3.37. The molecule has 8 heteroatoms. The van der Waals surface area contributed by atoms with Crippen LogP contribution in [-0.4, -0.2) is 52.2 Å². The van der Waals surface area contributed by atoms with Crippen LogP contribution in [0.15, 0.2) is 0 Å². The molecule has 0 aliphatic carbocycles. The minimum atomic E-state index is -1.39. The van der Waals surface area contributed by atoms with Gasteiger partial charge in [-0.25, -0.2) is 0 Å². The topological polar surface area (TPSA) is 152 Å².